The Kier molecular flexibility index (Phi) is 7.30. The first-order valence-electron chi connectivity index (χ1n) is 11.0. The van der Waals surface area contributed by atoms with Gasteiger partial charge in [0, 0.05) is 6.42 Å². The lowest BCUT2D eigenvalue weighted by Gasteiger charge is -2.22. The van der Waals surface area contributed by atoms with E-state index in [2.05, 4.69) is 5.10 Å². The van der Waals surface area contributed by atoms with E-state index in [0.29, 0.717) is 23.7 Å². The van der Waals surface area contributed by atoms with Gasteiger partial charge in [0.1, 0.15) is 22.8 Å². The lowest BCUT2D eigenvalue weighted by molar-refractivity contribution is -0.136. The molecule has 4 rings (SSSR count). The second-order valence-electron chi connectivity index (χ2n) is 7.76. The van der Waals surface area contributed by atoms with Gasteiger partial charge in [-0.2, -0.15) is 5.10 Å². The lowest BCUT2D eigenvalue weighted by atomic mass is 9.98. The van der Waals surface area contributed by atoms with Gasteiger partial charge in [-0.3, -0.25) is 4.79 Å². The van der Waals surface area contributed by atoms with E-state index >= 15 is 0 Å². The number of esters is 1. The quantitative estimate of drug-likeness (QED) is 0.454. The van der Waals surface area contributed by atoms with Crippen LogP contribution in [0.2, 0.25) is 0 Å². The third-order valence-corrected chi connectivity index (χ3v) is 5.73. The van der Waals surface area contributed by atoms with Crippen molar-refractivity contribution in [2.75, 3.05) is 27.9 Å². The first kappa shape index (κ1) is 23.8. The van der Waals surface area contributed by atoms with Crippen LogP contribution in [0, 0.1) is 0 Å². The van der Waals surface area contributed by atoms with Gasteiger partial charge in [0.2, 0.25) is 0 Å². The number of hydrogen-bond acceptors (Lipinski definition) is 7. The van der Waals surface area contributed by atoms with Crippen molar-refractivity contribution in [3.8, 4) is 17.2 Å². The highest BCUT2D eigenvalue weighted by atomic mass is 16.5. The van der Waals surface area contributed by atoms with Crippen molar-refractivity contribution in [3.63, 3.8) is 0 Å². The highest BCUT2D eigenvalue weighted by Gasteiger charge is 2.34. The van der Waals surface area contributed by atoms with Gasteiger partial charge < -0.3 is 18.9 Å². The zero-order chi connectivity index (χ0) is 24.8. The molecule has 0 N–H and O–H groups in total. The zero-order valence-corrected chi connectivity index (χ0v) is 19.8. The minimum absolute atomic E-state index is 0.118. The molecule has 0 bridgehead atoms. The van der Waals surface area contributed by atoms with Crippen LogP contribution in [0.1, 0.15) is 33.9 Å². The molecule has 0 saturated heterocycles. The molecule has 180 valence electrons. The third-order valence-electron chi connectivity index (χ3n) is 5.73. The summed E-state index contributed by atoms with van der Waals surface area (Å²) in [5, 5.41) is 5.99. The number of ether oxygens (including phenoxy) is 4. The molecule has 1 aliphatic heterocycles. The van der Waals surface area contributed by atoms with E-state index in [1.54, 1.807) is 25.3 Å². The predicted octanol–water partition coefficient (Wildman–Crippen LogP) is 4.25. The SMILES string of the molecule is COc1ccc(C2CC(c3ccccc3)=NN2C(=O)COC(=O)c2c(OC)cccc2OC)cc1. The Morgan fingerprint density at radius 1 is 0.857 bits per heavy atom. The molecule has 3 aromatic rings. The van der Waals surface area contributed by atoms with Gasteiger partial charge >= 0.3 is 5.97 Å². The van der Waals surface area contributed by atoms with Crippen LogP contribution in [0.5, 0.6) is 17.2 Å². The number of rotatable bonds is 8. The van der Waals surface area contributed by atoms with Crippen LogP contribution in [-0.4, -0.2) is 50.5 Å². The van der Waals surface area contributed by atoms with Crippen molar-refractivity contribution in [1.82, 2.24) is 5.01 Å². The molecule has 1 unspecified atom stereocenters. The summed E-state index contributed by atoms with van der Waals surface area (Å²) >= 11 is 0. The molecule has 1 atom stereocenters. The van der Waals surface area contributed by atoms with E-state index in [9.17, 15) is 9.59 Å². The number of nitrogens with zero attached hydrogens (tertiary/aromatic N) is 2. The highest BCUT2D eigenvalue weighted by Crippen LogP contribution is 2.34. The van der Waals surface area contributed by atoms with E-state index in [0.717, 1.165) is 16.8 Å². The fraction of sp³-hybridized carbons (Fsp3) is 0.222. The predicted molar refractivity (Wildman–Crippen MR) is 130 cm³/mol. The van der Waals surface area contributed by atoms with Crippen LogP contribution in [0.3, 0.4) is 0 Å². The van der Waals surface area contributed by atoms with Crippen molar-refractivity contribution in [3.05, 3.63) is 89.5 Å². The van der Waals surface area contributed by atoms with Crippen LogP contribution < -0.4 is 14.2 Å². The highest BCUT2D eigenvalue weighted by molar-refractivity contribution is 6.03. The number of carbonyl (C=O) groups is 2. The maximum absolute atomic E-state index is 13.2. The van der Waals surface area contributed by atoms with Gasteiger partial charge in [0.25, 0.3) is 5.91 Å². The van der Waals surface area contributed by atoms with E-state index in [-0.39, 0.29) is 11.6 Å². The maximum Gasteiger partial charge on any atom is 0.346 e. The molecule has 0 radical (unpaired) electrons. The summed E-state index contributed by atoms with van der Waals surface area (Å²) in [6.07, 6.45) is 0.524. The average Bonchev–Trinajstić information content (AvgIpc) is 3.37. The topological polar surface area (TPSA) is 86.7 Å². The van der Waals surface area contributed by atoms with Crippen LogP contribution in [0.15, 0.2) is 77.9 Å². The number of hydrogen-bond donors (Lipinski definition) is 0. The number of methoxy groups -OCH3 is 3. The van der Waals surface area contributed by atoms with Crippen molar-refractivity contribution < 1.29 is 28.5 Å². The average molecular weight is 475 g/mol. The molecule has 35 heavy (non-hydrogen) atoms. The van der Waals surface area contributed by atoms with Crippen molar-refractivity contribution in [1.29, 1.82) is 0 Å². The normalized spacial score (nSPS) is 14.8. The molecular formula is C27H26N2O6. The minimum atomic E-state index is -0.722. The standard InChI is InChI=1S/C27H26N2O6/c1-32-20-14-12-19(13-15-20)22-16-21(18-8-5-4-6-9-18)28-29(22)25(30)17-35-27(31)26-23(33-2)10-7-11-24(26)34-3/h4-15,22H,16-17H2,1-3H3. The summed E-state index contributed by atoms with van der Waals surface area (Å²) in [6, 6.07) is 21.8. The van der Waals surface area contributed by atoms with Crippen LogP contribution >= 0.6 is 0 Å². The summed E-state index contributed by atoms with van der Waals surface area (Å²) in [5.74, 6) is 0.138. The number of benzene rings is 3. The van der Waals surface area contributed by atoms with E-state index < -0.39 is 18.5 Å². The Labute approximate surface area is 203 Å². The van der Waals surface area contributed by atoms with Gasteiger partial charge in [-0.25, -0.2) is 9.80 Å². The van der Waals surface area contributed by atoms with Gasteiger partial charge in [-0.05, 0) is 35.4 Å². The van der Waals surface area contributed by atoms with E-state index in [1.807, 2.05) is 54.6 Å². The second-order valence-corrected chi connectivity index (χ2v) is 7.76. The molecule has 0 fully saturated rings. The van der Waals surface area contributed by atoms with Gasteiger partial charge in [-0.15, -0.1) is 0 Å². The number of hydrazone groups is 1. The summed E-state index contributed by atoms with van der Waals surface area (Å²) < 4.78 is 21.2. The Morgan fingerprint density at radius 2 is 1.51 bits per heavy atom. The van der Waals surface area contributed by atoms with Crippen LogP contribution in [-0.2, 0) is 9.53 Å². The molecule has 1 amide bonds. The molecule has 1 aliphatic rings. The Bertz CT molecular complexity index is 1200. The molecule has 3 aromatic carbocycles. The van der Waals surface area contributed by atoms with Crippen molar-refractivity contribution >= 4 is 17.6 Å². The summed E-state index contributed by atoms with van der Waals surface area (Å²) in [5.41, 5.74) is 2.72. The second kappa shape index (κ2) is 10.7. The first-order valence-corrected chi connectivity index (χ1v) is 11.0. The number of amides is 1. The van der Waals surface area contributed by atoms with Gasteiger partial charge in [-0.1, -0.05) is 48.5 Å². The molecule has 1 heterocycles. The van der Waals surface area contributed by atoms with Gasteiger partial charge in [0.15, 0.2) is 6.61 Å². The Balaban J connectivity index is 1.56. The van der Waals surface area contributed by atoms with E-state index in [4.69, 9.17) is 18.9 Å². The summed E-state index contributed by atoms with van der Waals surface area (Å²) in [7, 11) is 4.49. The minimum Gasteiger partial charge on any atom is -0.497 e. The Hall–Kier alpha value is -4.33. The molecule has 0 aliphatic carbocycles. The molecule has 0 spiro atoms. The molecule has 8 nitrogen and oxygen atoms in total. The van der Waals surface area contributed by atoms with Crippen molar-refractivity contribution in [2.45, 2.75) is 12.5 Å². The molecule has 0 saturated carbocycles. The van der Waals surface area contributed by atoms with Crippen LogP contribution in [0.25, 0.3) is 0 Å². The molecular weight excluding hydrogens is 448 g/mol. The maximum atomic E-state index is 13.2. The number of carbonyl (C=O) groups excluding carboxylic acids is 2. The molecule has 8 heteroatoms. The third kappa shape index (κ3) is 5.11. The lowest BCUT2D eigenvalue weighted by Crippen LogP contribution is -2.31. The fourth-order valence-corrected chi connectivity index (χ4v) is 3.95. The molecule has 0 aromatic heterocycles. The smallest absolute Gasteiger partial charge is 0.346 e. The fourth-order valence-electron chi connectivity index (χ4n) is 3.95. The van der Waals surface area contributed by atoms with E-state index in [1.165, 1.54) is 19.2 Å². The van der Waals surface area contributed by atoms with Crippen molar-refractivity contribution in [2.24, 2.45) is 5.10 Å². The summed E-state index contributed by atoms with van der Waals surface area (Å²) in [4.78, 5) is 26.1. The summed E-state index contributed by atoms with van der Waals surface area (Å²) in [6.45, 7) is -0.488. The Morgan fingerprint density at radius 3 is 2.11 bits per heavy atom. The largest absolute Gasteiger partial charge is 0.497 e. The zero-order valence-electron chi connectivity index (χ0n) is 19.8. The van der Waals surface area contributed by atoms with Gasteiger partial charge in [0.05, 0.1) is 33.1 Å². The monoisotopic (exact) mass is 474 g/mol. The first-order chi connectivity index (χ1) is 17.0. The van der Waals surface area contributed by atoms with Crippen LogP contribution in [0.4, 0.5) is 0 Å².